The highest BCUT2D eigenvalue weighted by Crippen LogP contribution is 2.19. The molecule has 21 heavy (non-hydrogen) atoms. The van der Waals surface area contributed by atoms with Gasteiger partial charge in [-0.05, 0) is 38.0 Å². The van der Waals surface area contributed by atoms with E-state index >= 15 is 0 Å². The van der Waals surface area contributed by atoms with Gasteiger partial charge in [0.15, 0.2) is 0 Å². The Morgan fingerprint density at radius 2 is 1.90 bits per heavy atom. The second-order valence-corrected chi connectivity index (χ2v) is 5.57. The molecule has 1 aromatic heterocycles. The summed E-state index contributed by atoms with van der Waals surface area (Å²) in [6.45, 7) is 5.00. The van der Waals surface area contributed by atoms with Crippen LogP contribution in [0.25, 0.3) is 0 Å². The van der Waals surface area contributed by atoms with Crippen LogP contribution in [0.1, 0.15) is 24.4 Å². The van der Waals surface area contributed by atoms with Gasteiger partial charge in [0.2, 0.25) is 0 Å². The molecule has 1 aromatic carbocycles. The van der Waals surface area contributed by atoms with E-state index in [2.05, 4.69) is 50.5 Å². The summed E-state index contributed by atoms with van der Waals surface area (Å²) in [4.78, 5) is 11.0. The molecule has 2 aromatic rings. The molecule has 3 rings (SSSR count). The molecule has 0 aliphatic carbocycles. The summed E-state index contributed by atoms with van der Waals surface area (Å²) in [6, 6.07) is 13.2. The molecule has 2 heterocycles. The first-order valence-electron chi connectivity index (χ1n) is 7.63. The molecular weight excluding hydrogens is 260 g/mol. The van der Waals surface area contributed by atoms with Crippen LogP contribution in [0, 0.1) is 6.92 Å². The normalized spacial score (nSPS) is 16.1. The molecule has 1 aliphatic rings. The van der Waals surface area contributed by atoms with Crippen molar-refractivity contribution in [3.8, 4) is 0 Å². The molecule has 0 bridgehead atoms. The Labute approximate surface area is 126 Å². The SMILES string of the molecule is Cc1nccc(CNC2CCN(c3ccccc3)CC2)n1. The van der Waals surface area contributed by atoms with Gasteiger partial charge in [-0.25, -0.2) is 9.97 Å². The predicted octanol–water partition coefficient (Wildman–Crippen LogP) is 2.54. The van der Waals surface area contributed by atoms with E-state index < -0.39 is 0 Å². The van der Waals surface area contributed by atoms with Gasteiger partial charge in [0, 0.05) is 37.6 Å². The van der Waals surface area contributed by atoms with Gasteiger partial charge in [0.25, 0.3) is 0 Å². The number of para-hydroxylation sites is 1. The van der Waals surface area contributed by atoms with Gasteiger partial charge in [0.1, 0.15) is 5.82 Å². The van der Waals surface area contributed by atoms with E-state index in [9.17, 15) is 0 Å². The van der Waals surface area contributed by atoms with Crippen molar-refractivity contribution in [3.63, 3.8) is 0 Å². The summed E-state index contributed by atoms with van der Waals surface area (Å²) in [5.74, 6) is 0.841. The number of hydrogen-bond donors (Lipinski definition) is 1. The van der Waals surface area contributed by atoms with Crippen LogP contribution in [0.5, 0.6) is 0 Å². The average molecular weight is 282 g/mol. The van der Waals surface area contributed by atoms with Crippen molar-refractivity contribution in [1.82, 2.24) is 15.3 Å². The van der Waals surface area contributed by atoms with Gasteiger partial charge in [-0.3, -0.25) is 0 Å². The molecule has 1 aliphatic heterocycles. The summed E-state index contributed by atoms with van der Waals surface area (Å²) in [5, 5.41) is 3.62. The summed E-state index contributed by atoms with van der Waals surface area (Å²) in [6.07, 6.45) is 4.19. The first-order chi connectivity index (χ1) is 10.3. The highest BCUT2D eigenvalue weighted by Gasteiger charge is 2.18. The molecule has 0 radical (unpaired) electrons. The largest absolute Gasteiger partial charge is 0.371 e. The van der Waals surface area contributed by atoms with Gasteiger partial charge < -0.3 is 10.2 Å². The standard InChI is InChI=1S/C17H22N4/c1-14-18-10-7-16(20-14)13-19-15-8-11-21(12-9-15)17-5-3-2-4-6-17/h2-7,10,15,19H,8-9,11-13H2,1H3. The fraction of sp³-hybridized carbons (Fsp3) is 0.412. The molecule has 1 N–H and O–H groups in total. The lowest BCUT2D eigenvalue weighted by Crippen LogP contribution is -2.42. The number of anilines is 1. The van der Waals surface area contributed by atoms with E-state index in [1.54, 1.807) is 0 Å². The third kappa shape index (κ3) is 3.79. The number of nitrogens with zero attached hydrogens (tertiary/aromatic N) is 3. The maximum Gasteiger partial charge on any atom is 0.125 e. The van der Waals surface area contributed by atoms with Crippen molar-refractivity contribution in [2.45, 2.75) is 32.4 Å². The molecule has 0 spiro atoms. The number of benzene rings is 1. The van der Waals surface area contributed by atoms with Gasteiger partial charge >= 0.3 is 0 Å². The summed E-state index contributed by atoms with van der Waals surface area (Å²) in [5.41, 5.74) is 2.41. The second-order valence-electron chi connectivity index (χ2n) is 5.57. The first kappa shape index (κ1) is 14.0. The minimum atomic E-state index is 0.584. The predicted molar refractivity (Wildman–Crippen MR) is 85.3 cm³/mol. The number of aryl methyl sites for hydroxylation is 1. The third-order valence-electron chi connectivity index (χ3n) is 4.02. The van der Waals surface area contributed by atoms with Crippen molar-refractivity contribution in [2.24, 2.45) is 0 Å². The molecule has 0 unspecified atom stereocenters. The van der Waals surface area contributed by atoms with Crippen LogP contribution in [0.3, 0.4) is 0 Å². The Kier molecular flexibility index (Phi) is 4.46. The highest BCUT2D eigenvalue weighted by atomic mass is 15.1. The van der Waals surface area contributed by atoms with Gasteiger partial charge in [-0.15, -0.1) is 0 Å². The summed E-state index contributed by atoms with van der Waals surface area (Å²) in [7, 11) is 0. The molecule has 110 valence electrons. The molecule has 4 nitrogen and oxygen atoms in total. The van der Waals surface area contributed by atoms with Crippen LogP contribution in [-0.2, 0) is 6.54 Å². The van der Waals surface area contributed by atoms with E-state index in [0.29, 0.717) is 6.04 Å². The van der Waals surface area contributed by atoms with Gasteiger partial charge in [-0.1, -0.05) is 18.2 Å². The lowest BCUT2D eigenvalue weighted by molar-refractivity contribution is 0.412. The first-order valence-corrected chi connectivity index (χ1v) is 7.63. The Morgan fingerprint density at radius 3 is 2.62 bits per heavy atom. The number of hydrogen-bond acceptors (Lipinski definition) is 4. The molecule has 0 amide bonds. The van der Waals surface area contributed by atoms with Crippen molar-refractivity contribution in [1.29, 1.82) is 0 Å². The average Bonchev–Trinajstić information content (AvgIpc) is 2.54. The van der Waals surface area contributed by atoms with Crippen LogP contribution in [-0.4, -0.2) is 29.1 Å². The van der Waals surface area contributed by atoms with Gasteiger partial charge in [-0.2, -0.15) is 0 Å². The second kappa shape index (κ2) is 6.68. The van der Waals surface area contributed by atoms with Crippen LogP contribution >= 0.6 is 0 Å². The zero-order valence-corrected chi connectivity index (χ0v) is 12.5. The fourth-order valence-electron chi connectivity index (χ4n) is 2.83. The van der Waals surface area contributed by atoms with Gasteiger partial charge in [0.05, 0.1) is 5.69 Å². The molecule has 0 atom stereocenters. The zero-order chi connectivity index (χ0) is 14.5. The van der Waals surface area contributed by atoms with E-state index in [1.807, 2.05) is 19.2 Å². The summed E-state index contributed by atoms with van der Waals surface area (Å²) >= 11 is 0. The van der Waals surface area contributed by atoms with Crippen molar-refractivity contribution < 1.29 is 0 Å². The Hall–Kier alpha value is -1.94. The number of aromatic nitrogens is 2. The topological polar surface area (TPSA) is 41.1 Å². The Bertz CT molecular complexity index is 562. The smallest absolute Gasteiger partial charge is 0.125 e. The minimum absolute atomic E-state index is 0.584. The van der Waals surface area contributed by atoms with E-state index in [0.717, 1.165) is 31.2 Å². The molecule has 0 saturated carbocycles. The lowest BCUT2D eigenvalue weighted by Gasteiger charge is -2.34. The van der Waals surface area contributed by atoms with Crippen LogP contribution < -0.4 is 10.2 Å². The maximum absolute atomic E-state index is 4.44. The van der Waals surface area contributed by atoms with Crippen LogP contribution in [0.4, 0.5) is 5.69 Å². The quantitative estimate of drug-likeness (QED) is 0.935. The molecule has 1 saturated heterocycles. The Balaban J connectivity index is 1.48. The maximum atomic E-state index is 4.44. The minimum Gasteiger partial charge on any atom is -0.371 e. The monoisotopic (exact) mass is 282 g/mol. The zero-order valence-electron chi connectivity index (χ0n) is 12.5. The Morgan fingerprint density at radius 1 is 1.14 bits per heavy atom. The summed E-state index contributed by atoms with van der Waals surface area (Å²) < 4.78 is 0. The number of nitrogens with one attached hydrogen (secondary N) is 1. The molecule has 4 heteroatoms. The highest BCUT2D eigenvalue weighted by molar-refractivity contribution is 5.46. The van der Waals surface area contributed by atoms with Crippen molar-refractivity contribution >= 4 is 5.69 Å². The lowest BCUT2D eigenvalue weighted by atomic mass is 10.0. The fourth-order valence-corrected chi connectivity index (χ4v) is 2.83. The van der Waals surface area contributed by atoms with Crippen molar-refractivity contribution in [2.75, 3.05) is 18.0 Å². The van der Waals surface area contributed by atoms with E-state index in [-0.39, 0.29) is 0 Å². The van der Waals surface area contributed by atoms with Crippen molar-refractivity contribution in [3.05, 3.63) is 54.1 Å². The number of piperidine rings is 1. The number of rotatable bonds is 4. The molecule has 1 fully saturated rings. The van der Waals surface area contributed by atoms with E-state index in [4.69, 9.17) is 0 Å². The van der Waals surface area contributed by atoms with Crippen LogP contribution in [0.2, 0.25) is 0 Å². The third-order valence-corrected chi connectivity index (χ3v) is 4.02. The van der Waals surface area contributed by atoms with E-state index in [1.165, 1.54) is 18.5 Å². The molecular formula is C17H22N4. The van der Waals surface area contributed by atoms with Crippen LogP contribution in [0.15, 0.2) is 42.6 Å².